The molecule has 0 saturated heterocycles. The molecule has 28 heavy (non-hydrogen) atoms. The molecule has 9 heteroatoms. The number of nitrogens with zero attached hydrogens (tertiary/aromatic N) is 6. The Morgan fingerprint density at radius 3 is 2.64 bits per heavy atom. The minimum absolute atomic E-state index is 0.138. The van der Waals surface area contributed by atoms with Crippen LogP contribution in [-0.4, -0.2) is 36.4 Å². The highest BCUT2D eigenvalue weighted by Crippen LogP contribution is 2.38. The molecule has 0 aliphatic heterocycles. The molecule has 2 heterocycles. The molecule has 0 atom stereocenters. The molecule has 148 valence electrons. The van der Waals surface area contributed by atoms with Gasteiger partial charge in [0.25, 0.3) is 0 Å². The Morgan fingerprint density at radius 1 is 1.21 bits per heavy atom. The molecule has 1 N–H and O–H groups in total. The predicted molar refractivity (Wildman–Crippen MR) is 106 cm³/mol. The highest BCUT2D eigenvalue weighted by molar-refractivity contribution is 7.99. The predicted octanol–water partition coefficient (Wildman–Crippen LogP) is 3.53. The summed E-state index contributed by atoms with van der Waals surface area (Å²) < 4.78 is 3.99. The Labute approximate surface area is 168 Å². The maximum Gasteiger partial charge on any atom is 0.235 e. The molecule has 2 aromatic heterocycles. The van der Waals surface area contributed by atoms with Gasteiger partial charge in [0, 0.05) is 11.7 Å². The lowest BCUT2D eigenvalue weighted by atomic mass is 9.95. The summed E-state index contributed by atoms with van der Waals surface area (Å²) >= 11 is 1.34. The number of nitriles is 1. The van der Waals surface area contributed by atoms with Crippen molar-refractivity contribution in [2.45, 2.75) is 76.0 Å². The first-order valence-electron chi connectivity index (χ1n) is 9.92. The van der Waals surface area contributed by atoms with Gasteiger partial charge in [-0.15, -0.1) is 5.10 Å². The van der Waals surface area contributed by atoms with Crippen LogP contribution < -0.4 is 5.32 Å². The van der Waals surface area contributed by atoms with Gasteiger partial charge in [-0.2, -0.15) is 5.26 Å². The largest absolute Gasteiger partial charge is 0.327 e. The zero-order chi connectivity index (χ0) is 19.7. The molecule has 0 aromatic carbocycles. The summed E-state index contributed by atoms with van der Waals surface area (Å²) in [5.74, 6) is 0.726. The number of carbonyl (C=O) groups excluding carboxylic acids is 1. The number of nitrogens with one attached hydrogen (secondary N) is 1. The van der Waals surface area contributed by atoms with Crippen molar-refractivity contribution in [3.05, 3.63) is 16.8 Å². The van der Waals surface area contributed by atoms with E-state index in [1.807, 2.05) is 13.8 Å². The van der Waals surface area contributed by atoms with E-state index < -0.39 is 0 Å². The summed E-state index contributed by atoms with van der Waals surface area (Å²) in [6.07, 6.45) is 8.00. The van der Waals surface area contributed by atoms with Gasteiger partial charge in [-0.05, 0) is 55.5 Å². The molecule has 2 saturated carbocycles. The molecule has 0 bridgehead atoms. The van der Waals surface area contributed by atoms with Crippen LogP contribution in [0.25, 0.3) is 0 Å². The van der Waals surface area contributed by atoms with Crippen molar-refractivity contribution in [3.8, 4) is 6.07 Å². The standard InChI is InChI=1S/C19H25N7OS/c1-12-13(2)25(14-6-4-3-5-7-14)18(16(12)10-20)21-17(27)11-28-19-22-23-24-26(19)15-8-9-15/h14-15H,3-9,11H2,1-2H3,(H,21,27). The molecular formula is C19H25N7OS. The maximum absolute atomic E-state index is 12.7. The Bertz CT molecular complexity index is 916. The second kappa shape index (κ2) is 7.95. The smallest absolute Gasteiger partial charge is 0.235 e. The average molecular weight is 400 g/mol. The molecule has 2 aliphatic carbocycles. The first kappa shape index (κ1) is 19.0. The van der Waals surface area contributed by atoms with E-state index in [2.05, 4.69) is 31.5 Å². The molecule has 2 aromatic rings. The molecule has 4 rings (SSSR count). The van der Waals surface area contributed by atoms with Crippen molar-refractivity contribution in [2.75, 3.05) is 11.1 Å². The zero-order valence-corrected chi connectivity index (χ0v) is 17.1. The monoisotopic (exact) mass is 399 g/mol. The van der Waals surface area contributed by atoms with E-state index in [1.165, 1.54) is 31.0 Å². The second-order valence-electron chi connectivity index (χ2n) is 7.68. The van der Waals surface area contributed by atoms with Gasteiger partial charge in [-0.25, -0.2) is 4.68 Å². The number of tetrazole rings is 1. The van der Waals surface area contributed by atoms with Crippen LogP contribution >= 0.6 is 11.8 Å². The number of thioether (sulfide) groups is 1. The summed E-state index contributed by atoms with van der Waals surface area (Å²) in [6.45, 7) is 4.00. The van der Waals surface area contributed by atoms with Crippen molar-refractivity contribution in [1.29, 1.82) is 5.26 Å². The van der Waals surface area contributed by atoms with Crippen LogP contribution in [0.1, 0.15) is 73.9 Å². The molecule has 2 aliphatic rings. The van der Waals surface area contributed by atoms with E-state index in [1.54, 1.807) is 4.68 Å². The molecule has 0 unspecified atom stereocenters. The summed E-state index contributed by atoms with van der Waals surface area (Å²) in [5.41, 5.74) is 2.60. The van der Waals surface area contributed by atoms with Crippen molar-refractivity contribution in [2.24, 2.45) is 0 Å². The van der Waals surface area contributed by atoms with Gasteiger partial charge in [0.15, 0.2) is 0 Å². The van der Waals surface area contributed by atoms with Crippen LogP contribution in [0.15, 0.2) is 5.16 Å². The van der Waals surface area contributed by atoms with E-state index in [9.17, 15) is 10.1 Å². The number of hydrogen-bond acceptors (Lipinski definition) is 6. The van der Waals surface area contributed by atoms with Gasteiger partial charge in [-0.1, -0.05) is 31.0 Å². The van der Waals surface area contributed by atoms with Crippen LogP contribution in [0.3, 0.4) is 0 Å². The van der Waals surface area contributed by atoms with Crippen LogP contribution in [0, 0.1) is 25.2 Å². The van der Waals surface area contributed by atoms with Gasteiger partial charge in [0.1, 0.15) is 11.9 Å². The third-order valence-electron chi connectivity index (χ3n) is 5.75. The summed E-state index contributed by atoms with van der Waals surface area (Å²) in [5, 5.41) is 25.1. The Morgan fingerprint density at radius 2 is 1.96 bits per heavy atom. The summed E-state index contributed by atoms with van der Waals surface area (Å²) in [7, 11) is 0. The summed E-state index contributed by atoms with van der Waals surface area (Å²) in [6, 6.07) is 3.01. The number of amides is 1. The average Bonchev–Trinajstić information content (AvgIpc) is 3.39. The van der Waals surface area contributed by atoms with E-state index in [0.29, 0.717) is 28.6 Å². The molecule has 2 fully saturated rings. The van der Waals surface area contributed by atoms with Gasteiger partial charge in [0.05, 0.1) is 17.4 Å². The van der Waals surface area contributed by atoms with E-state index in [0.717, 1.165) is 36.9 Å². The van der Waals surface area contributed by atoms with E-state index in [-0.39, 0.29) is 11.7 Å². The first-order chi connectivity index (χ1) is 13.6. The molecule has 0 spiro atoms. The lowest BCUT2D eigenvalue weighted by molar-refractivity contribution is -0.113. The number of aromatic nitrogens is 5. The lowest BCUT2D eigenvalue weighted by Crippen LogP contribution is -2.22. The molecular weight excluding hydrogens is 374 g/mol. The third kappa shape index (κ3) is 3.65. The fourth-order valence-electron chi connectivity index (χ4n) is 4.01. The topological polar surface area (TPSA) is 101 Å². The molecule has 8 nitrogen and oxygen atoms in total. The van der Waals surface area contributed by atoms with Crippen molar-refractivity contribution in [3.63, 3.8) is 0 Å². The minimum Gasteiger partial charge on any atom is -0.327 e. The van der Waals surface area contributed by atoms with Crippen LogP contribution in [0.2, 0.25) is 0 Å². The highest BCUT2D eigenvalue weighted by Gasteiger charge is 2.29. The zero-order valence-electron chi connectivity index (χ0n) is 16.3. The van der Waals surface area contributed by atoms with Crippen molar-refractivity contribution < 1.29 is 4.79 Å². The van der Waals surface area contributed by atoms with Gasteiger partial charge in [0.2, 0.25) is 11.1 Å². The van der Waals surface area contributed by atoms with Crippen LogP contribution in [-0.2, 0) is 4.79 Å². The summed E-state index contributed by atoms with van der Waals surface area (Å²) in [4.78, 5) is 12.7. The van der Waals surface area contributed by atoms with Crippen LogP contribution in [0.5, 0.6) is 0 Å². The third-order valence-corrected chi connectivity index (χ3v) is 6.69. The first-order valence-corrected chi connectivity index (χ1v) is 10.9. The number of carbonyl (C=O) groups is 1. The SMILES string of the molecule is Cc1c(C#N)c(NC(=O)CSc2nnnn2C2CC2)n(C2CCCCC2)c1C. The number of anilines is 1. The fraction of sp³-hybridized carbons (Fsp3) is 0.632. The Balaban J connectivity index is 1.51. The van der Waals surface area contributed by atoms with Gasteiger partial charge >= 0.3 is 0 Å². The van der Waals surface area contributed by atoms with Crippen molar-refractivity contribution >= 4 is 23.5 Å². The normalized spacial score (nSPS) is 17.5. The Kier molecular flexibility index (Phi) is 5.40. The highest BCUT2D eigenvalue weighted by atomic mass is 32.2. The fourth-order valence-corrected chi connectivity index (χ4v) is 4.75. The Hall–Kier alpha value is -2.34. The van der Waals surface area contributed by atoms with Gasteiger partial charge in [-0.3, -0.25) is 4.79 Å². The number of rotatable bonds is 6. The van der Waals surface area contributed by atoms with E-state index >= 15 is 0 Å². The maximum atomic E-state index is 12.7. The van der Waals surface area contributed by atoms with Crippen molar-refractivity contribution in [1.82, 2.24) is 24.8 Å². The molecule has 0 radical (unpaired) electrons. The second-order valence-corrected chi connectivity index (χ2v) is 8.62. The van der Waals surface area contributed by atoms with Crippen LogP contribution in [0.4, 0.5) is 5.82 Å². The van der Waals surface area contributed by atoms with Gasteiger partial charge < -0.3 is 9.88 Å². The number of hydrogen-bond donors (Lipinski definition) is 1. The quantitative estimate of drug-likeness (QED) is 0.746. The minimum atomic E-state index is -0.138. The van der Waals surface area contributed by atoms with E-state index in [4.69, 9.17) is 0 Å². The lowest BCUT2D eigenvalue weighted by Gasteiger charge is -2.27. The molecule has 1 amide bonds.